The summed E-state index contributed by atoms with van der Waals surface area (Å²) in [6.07, 6.45) is 7.43. The monoisotopic (exact) mass is 647 g/mol. The van der Waals surface area contributed by atoms with Crippen molar-refractivity contribution in [3.05, 3.63) is 53.1 Å². The van der Waals surface area contributed by atoms with Gasteiger partial charge in [0.25, 0.3) is 11.8 Å². The van der Waals surface area contributed by atoms with Crippen molar-refractivity contribution in [2.45, 2.75) is 83.8 Å². The van der Waals surface area contributed by atoms with Crippen LogP contribution >= 0.6 is 0 Å². The maximum absolute atomic E-state index is 13.9. The third kappa shape index (κ3) is 8.06. The zero-order valence-electron chi connectivity index (χ0n) is 29.1. The number of hydrogen-bond acceptors (Lipinski definition) is 5. The number of carbonyl (C=O) groups excluding carboxylic acids is 2. The van der Waals surface area contributed by atoms with Crippen molar-refractivity contribution in [1.82, 2.24) is 10.2 Å². The van der Waals surface area contributed by atoms with Gasteiger partial charge in [-0.1, -0.05) is 20.8 Å². The van der Waals surface area contributed by atoms with Crippen LogP contribution in [0.25, 0.3) is 0 Å². The summed E-state index contributed by atoms with van der Waals surface area (Å²) in [7, 11) is 1.65. The highest BCUT2D eigenvalue weighted by Crippen LogP contribution is 2.45. The van der Waals surface area contributed by atoms with E-state index in [1.165, 1.54) is 18.4 Å². The maximum atomic E-state index is 13.9. The number of carbonyl (C=O) groups is 2. The molecule has 47 heavy (non-hydrogen) atoms. The normalized spacial score (nSPS) is 24.2. The van der Waals surface area contributed by atoms with E-state index < -0.39 is 0 Å². The molecular formula is C38H57N5O4+2. The van der Waals surface area contributed by atoms with Crippen LogP contribution in [0.5, 0.6) is 11.5 Å². The van der Waals surface area contributed by atoms with E-state index in [0.29, 0.717) is 35.7 Å². The highest BCUT2D eigenvalue weighted by Gasteiger charge is 2.33. The summed E-state index contributed by atoms with van der Waals surface area (Å²) in [4.78, 5) is 31.0. The number of nitrogens with one attached hydrogen (secondary N) is 1. The van der Waals surface area contributed by atoms with Gasteiger partial charge in [0.05, 0.1) is 38.3 Å². The van der Waals surface area contributed by atoms with E-state index in [-0.39, 0.29) is 24.0 Å². The number of nitrogens with two attached hydrogens (primary N) is 2. The molecule has 0 unspecified atom stereocenters. The first-order valence-electron chi connectivity index (χ1n) is 18.2. The lowest BCUT2D eigenvalue weighted by Crippen LogP contribution is -2.89. The molecule has 5 N–H and O–H groups in total. The number of quaternary nitrogens is 2. The van der Waals surface area contributed by atoms with Crippen molar-refractivity contribution in [3.8, 4) is 11.5 Å². The van der Waals surface area contributed by atoms with Crippen LogP contribution in [-0.2, 0) is 0 Å². The van der Waals surface area contributed by atoms with Gasteiger partial charge in [0, 0.05) is 56.7 Å². The smallest absolute Gasteiger partial charge is 0.254 e. The molecule has 4 aliphatic rings. The fourth-order valence-electron chi connectivity index (χ4n) is 8.07. The Morgan fingerprint density at radius 2 is 1.51 bits per heavy atom. The summed E-state index contributed by atoms with van der Waals surface area (Å²) in [6, 6.07) is 12.1. The molecule has 9 nitrogen and oxygen atoms in total. The van der Waals surface area contributed by atoms with Gasteiger partial charge < -0.3 is 35.2 Å². The summed E-state index contributed by atoms with van der Waals surface area (Å²) < 4.78 is 13.1. The number of likely N-dealkylation sites (tertiary alicyclic amines) is 1. The van der Waals surface area contributed by atoms with Crippen molar-refractivity contribution in [1.29, 1.82) is 0 Å². The Morgan fingerprint density at radius 3 is 2.17 bits per heavy atom. The second-order valence-corrected chi connectivity index (χ2v) is 15.2. The summed E-state index contributed by atoms with van der Waals surface area (Å²) in [6.45, 7) is 14.5. The number of rotatable bonds is 8. The van der Waals surface area contributed by atoms with Gasteiger partial charge >= 0.3 is 0 Å². The highest BCUT2D eigenvalue weighted by molar-refractivity contribution is 5.97. The van der Waals surface area contributed by atoms with Gasteiger partial charge in [-0.2, -0.15) is 0 Å². The summed E-state index contributed by atoms with van der Waals surface area (Å²) in [5, 5.41) is 7.42. The van der Waals surface area contributed by atoms with Gasteiger partial charge in [-0.25, -0.2) is 0 Å². The molecule has 2 amide bonds. The Kier molecular flexibility index (Phi) is 10.6. The van der Waals surface area contributed by atoms with Crippen LogP contribution in [0.3, 0.4) is 0 Å². The molecule has 256 valence electrons. The van der Waals surface area contributed by atoms with Crippen molar-refractivity contribution >= 4 is 17.5 Å². The minimum Gasteiger partial charge on any atom is -0.489 e. The average molecular weight is 648 g/mol. The number of anilines is 1. The van der Waals surface area contributed by atoms with E-state index in [9.17, 15) is 9.59 Å². The van der Waals surface area contributed by atoms with Crippen LogP contribution < -0.4 is 30.3 Å². The molecule has 2 aromatic carbocycles. The lowest BCUT2D eigenvalue weighted by molar-refractivity contribution is -0.655. The van der Waals surface area contributed by atoms with Crippen LogP contribution in [0.2, 0.25) is 0 Å². The molecular weight excluding hydrogens is 590 g/mol. The quantitative estimate of drug-likeness (QED) is 0.409. The van der Waals surface area contributed by atoms with E-state index in [1.54, 1.807) is 7.05 Å². The molecule has 3 heterocycles. The number of hydrogen-bond donors (Lipinski definition) is 3. The number of ether oxygens (including phenoxy) is 2. The zero-order valence-corrected chi connectivity index (χ0v) is 29.1. The fourth-order valence-corrected chi connectivity index (χ4v) is 8.07. The van der Waals surface area contributed by atoms with Gasteiger partial charge in [0.2, 0.25) is 0 Å². The minimum atomic E-state index is -0.146. The molecule has 9 heteroatoms. The van der Waals surface area contributed by atoms with E-state index in [1.807, 2.05) is 29.2 Å². The standard InChI is InChI=1S/C38H55N5O4/c1-38(2,3)28-8-5-26(6-9-28)33-23-27(7-12-34(33)47-31-13-16-41-25-31)37(45)43-19-14-30(15-20-43)46-35-24-29(42-21-17-40-18-22-42)10-11-32(35)36(44)39-4/h7,10-12,23-24,26,28,30-31,40-41H,5-6,8-9,13-22,25H2,1-4H3,(H,39,44)/p+2/t26?,28?,31-/m0/s1. The first kappa shape index (κ1) is 33.6. The highest BCUT2D eigenvalue weighted by atomic mass is 16.5. The molecule has 0 radical (unpaired) electrons. The first-order chi connectivity index (χ1) is 22.7. The lowest BCUT2D eigenvalue weighted by Gasteiger charge is -2.37. The molecule has 3 saturated heterocycles. The van der Waals surface area contributed by atoms with Crippen molar-refractivity contribution in [2.24, 2.45) is 11.3 Å². The van der Waals surface area contributed by atoms with Gasteiger partial charge in [0.1, 0.15) is 24.1 Å². The van der Waals surface area contributed by atoms with E-state index in [2.05, 4.69) is 53.8 Å². The lowest BCUT2D eigenvalue weighted by atomic mass is 9.68. The second-order valence-electron chi connectivity index (χ2n) is 15.2. The van der Waals surface area contributed by atoms with Gasteiger partial charge in [0.15, 0.2) is 6.10 Å². The molecule has 0 bridgehead atoms. The number of amides is 2. The Balaban J connectivity index is 1.13. The number of benzene rings is 2. The van der Waals surface area contributed by atoms with Gasteiger partial charge in [-0.05, 0) is 78.8 Å². The second kappa shape index (κ2) is 14.9. The van der Waals surface area contributed by atoms with Gasteiger partial charge in [-0.15, -0.1) is 0 Å². The Morgan fingerprint density at radius 1 is 0.787 bits per heavy atom. The zero-order chi connectivity index (χ0) is 33.0. The number of piperazine rings is 1. The summed E-state index contributed by atoms with van der Waals surface area (Å²) in [5.74, 6) is 2.71. The molecule has 3 aliphatic heterocycles. The number of piperidine rings is 1. The predicted molar refractivity (Wildman–Crippen MR) is 185 cm³/mol. The van der Waals surface area contributed by atoms with E-state index in [0.717, 1.165) is 94.3 Å². The topological polar surface area (TPSA) is 104 Å². The fraction of sp³-hybridized carbons (Fsp3) is 0.632. The third-order valence-electron chi connectivity index (χ3n) is 11.1. The largest absolute Gasteiger partial charge is 0.489 e. The third-order valence-corrected chi connectivity index (χ3v) is 11.1. The summed E-state index contributed by atoms with van der Waals surface area (Å²) >= 11 is 0. The SMILES string of the molecule is CNC(=O)c1ccc(N2CC[NH2+]CC2)cc1OC1CCN(C(=O)c2ccc(O[C@H]3CC[NH2+]C3)c(C3CCC(C(C)(C)C)CC3)c2)CC1. The van der Waals surface area contributed by atoms with Crippen molar-refractivity contribution in [3.63, 3.8) is 0 Å². The average Bonchev–Trinajstić information content (AvgIpc) is 3.61. The van der Waals surface area contributed by atoms with E-state index in [4.69, 9.17) is 9.47 Å². The van der Waals surface area contributed by atoms with Crippen LogP contribution in [0.15, 0.2) is 36.4 Å². The van der Waals surface area contributed by atoms with E-state index >= 15 is 0 Å². The Bertz CT molecular complexity index is 1380. The molecule has 0 spiro atoms. The summed E-state index contributed by atoms with van der Waals surface area (Å²) in [5.41, 5.74) is 3.96. The first-order valence-corrected chi connectivity index (χ1v) is 18.2. The molecule has 4 fully saturated rings. The molecule has 2 aromatic rings. The molecule has 0 aromatic heterocycles. The van der Waals surface area contributed by atoms with Crippen molar-refractivity contribution in [2.75, 3.05) is 64.3 Å². The van der Waals surface area contributed by atoms with Crippen molar-refractivity contribution < 1.29 is 29.7 Å². The molecule has 1 aliphatic carbocycles. The van der Waals surface area contributed by atoms with Crippen LogP contribution in [0, 0.1) is 11.3 Å². The molecule has 1 saturated carbocycles. The molecule has 6 rings (SSSR count). The van der Waals surface area contributed by atoms with Gasteiger partial charge in [-0.3, -0.25) is 9.59 Å². The number of nitrogens with zero attached hydrogens (tertiary/aromatic N) is 2. The Hall–Kier alpha value is -3.30. The minimum absolute atomic E-state index is 0.0556. The van der Waals surface area contributed by atoms with Crippen LogP contribution in [0.4, 0.5) is 5.69 Å². The Labute approximate surface area is 281 Å². The predicted octanol–water partition coefficient (Wildman–Crippen LogP) is 3.15. The molecule has 1 atom stereocenters. The van der Waals surface area contributed by atoms with Crippen LogP contribution in [-0.4, -0.2) is 88.3 Å². The van der Waals surface area contributed by atoms with Crippen LogP contribution in [0.1, 0.15) is 97.9 Å². The maximum Gasteiger partial charge on any atom is 0.254 e.